The van der Waals surface area contributed by atoms with Crippen LogP contribution in [0.15, 0.2) is 69.6 Å². The molecule has 2 aromatic carbocycles. The molecule has 3 aromatic rings. The van der Waals surface area contributed by atoms with E-state index in [9.17, 15) is 12.8 Å². The van der Waals surface area contributed by atoms with Crippen LogP contribution in [0.2, 0.25) is 0 Å². The minimum absolute atomic E-state index is 0.0189. The lowest BCUT2D eigenvalue weighted by Crippen LogP contribution is -2.16. The first-order valence-corrected chi connectivity index (χ1v) is 11.3. The monoisotopic (exact) mass is 455 g/mol. The number of rotatable bonds is 4. The molecule has 0 radical (unpaired) electrons. The number of benzene rings is 2. The number of nitrogens with two attached hydrogens (primary N) is 2. The topological polar surface area (TPSA) is 123 Å². The average molecular weight is 456 g/mol. The van der Waals surface area contributed by atoms with Crippen LogP contribution >= 0.6 is 0 Å². The highest BCUT2D eigenvalue weighted by Crippen LogP contribution is 2.28. The summed E-state index contributed by atoms with van der Waals surface area (Å²) in [5, 5.41) is 3.71. The fourth-order valence-electron chi connectivity index (χ4n) is 3.17. The number of aromatic nitrogens is 1. The third-order valence-corrected chi connectivity index (χ3v) is 5.93. The summed E-state index contributed by atoms with van der Waals surface area (Å²) >= 11 is 0. The molecule has 0 bridgehead atoms. The fraction of sp³-hybridized carbons (Fsp3) is 0.217. The van der Waals surface area contributed by atoms with Gasteiger partial charge in [-0.15, -0.1) is 4.40 Å². The lowest BCUT2D eigenvalue weighted by atomic mass is 9.87. The van der Waals surface area contributed by atoms with Crippen molar-refractivity contribution in [1.29, 1.82) is 0 Å². The molecule has 0 spiro atoms. The molecule has 0 aliphatic rings. The van der Waals surface area contributed by atoms with Crippen molar-refractivity contribution >= 4 is 38.3 Å². The maximum atomic E-state index is 14.6. The number of sulfonamides is 1. The molecule has 0 unspecified atom stereocenters. The van der Waals surface area contributed by atoms with Crippen LogP contribution in [-0.4, -0.2) is 19.2 Å². The second kappa shape index (κ2) is 8.58. The SMILES string of the molecule is CC(N)=CC(=NS(=O)(=O)c1ccc(C(C)(C)C)c(F)c1)Nc1cccc2nc(N)ccc12. The minimum atomic E-state index is -4.22. The molecular formula is C23H26FN5O2S. The van der Waals surface area contributed by atoms with E-state index in [4.69, 9.17) is 11.5 Å². The van der Waals surface area contributed by atoms with Crippen molar-refractivity contribution in [2.75, 3.05) is 11.1 Å². The molecule has 1 heterocycles. The van der Waals surface area contributed by atoms with E-state index in [0.717, 1.165) is 11.5 Å². The molecule has 0 aliphatic carbocycles. The van der Waals surface area contributed by atoms with Crippen LogP contribution in [0.1, 0.15) is 33.3 Å². The predicted octanol–water partition coefficient (Wildman–Crippen LogP) is 4.32. The van der Waals surface area contributed by atoms with Gasteiger partial charge < -0.3 is 16.8 Å². The third-order valence-electron chi connectivity index (χ3n) is 4.65. The summed E-state index contributed by atoms with van der Waals surface area (Å²) in [6.07, 6.45) is 1.39. The normalized spacial score (nSPS) is 13.4. The summed E-state index contributed by atoms with van der Waals surface area (Å²) in [5.41, 5.74) is 13.0. The average Bonchev–Trinajstić information content (AvgIpc) is 2.66. The van der Waals surface area contributed by atoms with Crippen molar-refractivity contribution in [3.63, 3.8) is 0 Å². The first-order valence-electron chi connectivity index (χ1n) is 9.88. The van der Waals surface area contributed by atoms with E-state index in [0.29, 0.717) is 28.3 Å². The third kappa shape index (κ3) is 5.23. The lowest BCUT2D eigenvalue weighted by Gasteiger charge is -2.20. The molecule has 0 fully saturated rings. The van der Waals surface area contributed by atoms with Gasteiger partial charge in [-0.2, -0.15) is 8.42 Å². The number of allylic oxidation sites excluding steroid dienone is 1. The Morgan fingerprint density at radius 2 is 1.88 bits per heavy atom. The van der Waals surface area contributed by atoms with Gasteiger partial charge in [-0.05, 0) is 54.3 Å². The Balaban J connectivity index is 2.06. The highest BCUT2D eigenvalue weighted by molar-refractivity contribution is 7.90. The Morgan fingerprint density at radius 1 is 1.16 bits per heavy atom. The van der Waals surface area contributed by atoms with Crippen molar-refractivity contribution in [3.8, 4) is 0 Å². The van der Waals surface area contributed by atoms with E-state index < -0.39 is 21.3 Å². The second-order valence-corrected chi connectivity index (χ2v) is 10.1. The number of hydrogen-bond acceptors (Lipinski definition) is 5. The zero-order valence-corrected chi connectivity index (χ0v) is 19.2. The van der Waals surface area contributed by atoms with Crippen LogP contribution in [0.4, 0.5) is 15.9 Å². The predicted molar refractivity (Wildman–Crippen MR) is 127 cm³/mol. The zero-order chi connectivity index (χ0) is 23.7. The van der Waals surface area contributed by atoms with Gasteiger partial charge in [-0.3, -0.25) is 0 Å². The Kier molecular flexibility index (Phi) is 6.23. The van der Waals surface area contributed by atoms with Gasteiger partial charge in [0.15, 0.2) is 0 Å². The van der Waals surface area contributed by atoms with Crippen molar-refractivity contribution in [1.82, 2.24) is 4.98 Å². The number of anilines is 2. The van der Waals surface area contributed by atoms with Gasteiger partial charge in [0.1, 0.15) is 17.5 Å². The number of pyridine rings is 1. The van der Waals surface area contributed by atoms with E-state index in [-0.39, 0.29) is 10.7 Å². The summed E-state index contributed by atoms with van der Waals surface area (Å²) in [4.78, 5) is 4.01. The highest BCUT2D eigenvalue weighted by atomic mass is 32.2. The first kappa shape index (κ1) is 23.2. The van der Waals surface area contributed by atoms with Crippen molar-refractivity contribution in [3.05, 3.63) is 71.7 Å². The molecule has 9 heteroatoms. The molecule has 0 saturated heterocycles. The molecule has 168 valence electrons. The number of amidine groups is 1. The molecule has 3 rings (SSSR count). The van der Waals surface area contributed by atoms with Crippen molar-refractivity contribution in [2.24, 2.45) is 10.1 Å². The maximum absolute atomic E-state index is 14.6. The first-order chi connectivity index (χ1) is 14.9. The van der Waals surface area contributed by atoms with Crippen molar-refractivity contribution in [2.45, 2.75) is 38.0 Å². The van der Waals surface area contributed by atoms with Crippen molar-refractivity contribution < 1.29 is 12.8 Å². The smallest absolute Gasteiger partial charge is 0.284 e. The lowest BCUT2D eigenvalue weighted by molar-refractivity contribution is 0.519. The Labute approximate surface area is 187 Å². The summed E-state index contributed by atoms with van der Waals surface area (Å²) in [6, 6.07) is 12.5. The largest absolute Gasteiger partial charge is 0.402 e. The van der Waals surface area contributed by atoms with E-state index in [1.807, 2.05) is 20.8 Å². The molecule has 1 aromatic heterocycles. The minimum Gasteiger partial charge on any atom is -0.402 e. The zero-order valence-electron chi connectivity index (χ0n) is 18.3. The second-order valence-electron chi connectivity index (χ2n) is 8.46. The Hall–Kier alpha value is -3.46. The van der Waals surface area contributed by atoms with Crippen LogP contribution < -0.4 is 16.8 Å². The van der Waals surface area contributed by atoms with Gasteiger partial charge >= 0.3 is 0 Å². The fourth-order valence-corrected chi connectivity index (χ4v) is 4.12. The molecule has 5 N–H and O–H groups in total. The van der Waals surface area contributed by atoms with Gasteiger partial charge in [0.2, 0.25) is 0 Å². The van der Waals surface area contributed by atoms with Gasteiger partial charge in [0, 0.05) is 22.8 Å². The summed E-state index contributed by atoms with van der Waals surface area (Å²) < 4.78 is 44.4. The maximum Gasteiger partial charge on any atom is 0.284 e. The number of nitrogen functional groups attached to an aromatic ring is 1. The number of nitrogens with one attached hydrogen (secondary N) is 1. The standard InChI is InChI=1S/C23H26FN5O2S/c1-14(25)12-22(28-20-7-5-6-19-16(20)9-11-21(26)27-19)29-32(30,31)15-8-10-17(18(24)13-15)23(2,3)4/h5-13H,25H2,1-4H3,(H2,26,27)(H,28,29). The molecular weight excluding hydrogens is 429 g/mol. The molecule has 7 nitrogen and oxygen atoms in total. The Bertz CT molecular complexity index is 1340. The van der Waals surface area contributed by atoms with Gasteiger partial charge in [0.05, 0.1) is 10.4 Å². The summed E-state index contributed by atoms with van der Waals surface area (Å²) in [7, 11) is -4.22. The van der Waals surface area contributed by atoms with Gasteiger partial charge in [0.25, 0.3) is 10.0 Å². The number of halogens is 1. The van der Waals surface area contributed by atoms with E-state index in [1.54, 1.807) is 37.3 Å². The van der Waals surface area contributed by atoms with E-state index in [2.05, 4.69) is 14.7 Å². The highest BCUT2D eigenvalue weighted by Gasteiger charge is 2.22. The summed E-state index contributed by atoms with van der Waals surface area (Å²) in [6.45, 7) is 7.15. The Morgan fingerprint density at radius 3 is 2.50 bits per heavy atom. The molecule has 0 atom stereocenters. The number of fused-ring (bicyclic) bond motifs is 1. The number of nitrogens with zero attached hydrogens (tertiary/aromatic N) is 2. The van der Waals surface area contributed by atoms with Crippen LogP contribution in [0.3, 0.4) is 0 Å². The van der Waals surface area contributed by atoms with Crippen LogP contribution in [-0.2, 0) is 15.4 Å². The molecule has 0 saturated carbocycles. The van der Waals surface area contributed by atoms with Crippen LogP contribution in [0.25, 0.3) is 10.9 Å². The van der Waals surface area contributed by atoms with E-state index >= 15 is 0 Å². The van der Waals surface area contributed by atoms with Gasteiger partial charge in [-0.1, -0.05) is 32.9 Å². The quantitative estimate of drug-likeness (QED) is 0.398. The summed E-state index contributed by atoms with van der Waals surface area (Å²) in [5.74, 6) is -0.259. The van der Waals surface area contributed by atoms with Gasteiger partial charge in [-0.25, -0.2) is 9.37 Å². The molecule has 32 heavy (non-hydrogen) atoms. The van der Waals surface area contributed by atoms with Crippen LogP contribution in [0.5, 0.6) is 0 Å². The number of hydrogen-bond donors (Lipinski definition) is 3. The molecule has 0 amide bonds. The van der Waals surface area contributed by atoms with Crippen LogP contribution in [0, 0.1) is 5.82 Å². The molecule has 0 aliphatic heterocycles. The van der Waals surface area contributed by atoms with E-state index in [1.165, 1.54) is 18.2 Å².